The van der Waals surface area contributed by atoms with E-state index in [1.807, 2.05) is 13.8 Å². The first kappa shape index (κ1) is 18.6. The average molecular weight is 372 g/mol. The molecule has 7 heteroatoms. The van der Waals surface area contributed by atoms with Gasteiger partial charge in [0.1, 0.15) is 11.3 Å². The van der Waals surface area contributed by atoms with Crippen molar-refractivity contribution in [3.05, 3.63) is 70.0 Å². The Balaban J connectivity index is 2.14. The molecule has 0 aliphatic rings. The van der Waals surface area contributed by atoms with Gasteiger partial charge in [-0.15, -0.1) is 0 Å². The van der Waals surface area contributed by atoms with Crippen molar-refractivity contribution in [2.75, 3.05) is 5.32 Å². The van der Waals surface area contributed by atoms with Gasteiger partial charge in [-0.2, -0.15) is 0 Å². The second-order valence-electron chi connectivity index (χ2n) is 6.63. The van der Waals surface area contributed by atoms with Crippen LogP contribution in [0.4, 0.5) is 14.5 Å². The number of nitrogens with zero attached hydrogens (tertiary/aromatic N) is 1. The zero-order chi connectivity index (χ0) is 19.7. The standard InChI is InChI=1S/C20H18F2N2O3/c1-11(2)10-24-16-6-4-3-5-13(16)18(25)17(20(24)27)19(26)23-12-7-8-14(21)15(22)9-12/h3-9,11,25H,10H2,1-2H3,(H,23,26). The van der Waals surface area contributed by atoms with Gasteiger partial charge < -0.3 is 15.0 Å². The monoisotopic (exact) mass is 372 g/mol. The number of carbonyl (C=O) groups excluding carboxylic acids is 1. The molecular weight excluding hydrogens is 354 g/mol. The molecule has 1 aromatic heterocycles. The first-order valence-electron chi connectivity index (χ1n) is 8.40. The average Bonchev–Trinajstić information content (AvgIpc) is 2.62. The summed E-state index contributed by atoms with van der Waals surface area (Å²) in [6.45, 7) is 4.20. The van der Waals surface area contributed by atoms with Crippen LogP contribution in [0.15, 0.2) is 47.3 Å². The largest absolute Gasteiger partial charge is 0.506 e. The molecule has 0 aliphatic carbocycles. The molecule has 1 heterocycles. The fraction of sp³-hybridized carbons (Fsp3) is 0.200. The number of rotatable bonds is 4. The van der Waals surface area contributed by atoms with Crippen LogP contribution in [0.5, 0.6) is 5.75 Å². The second kappa shape index (κ2) is 7.19. The molecule has 140 valence electrons. The van der Waals surface area contributed by atoms with Gasteiger partial charge in [0.25, 0.3) is 11.5 Å². The molecule has 2 aromatic carbocycles. The number of hydrogen-bond donors (Lipinski definition) is 2. The van der Waals surface area contributed by atoms with Crippen LogP contribution in [0.3, 0.4) is 0 Å². The van der Waals surface area contributed by atoms with Crippen LogP contribution < -0.4 is 10.9 Å². The van der Waals surface area contributed by atoms with Crippen LogP contribution >= 0.6 is 0 Å². The van der Waals surface area contributed by atoms with Gasteiger partial charge in [0.05, 0.1) is 5.52 Å². The van der Waals surface area contributed by atoms with Crippen LogP contribution in [-0.4, -0.2) is 15.6 Å². The molecule has 0 atom stereocenters. The van der Waals surface area contributed by atoms with Crippen molar-refractivity contribution < 1.29 is 18.7 Å². The summed E-state index contributed by atoms with van der Waals surface area (Å²) < 4.78 is 27.9. The smallest absolute Gasteiger partial charge is 0.267 e. The Morgan fingerprint density at radius 2 is 1.85 bits per heavy atom. The van der Waals surface area contributed by atoms with Gasteiger partial charge in [-0.1, -0.05) is 26.0 Å². The summed E-state index contributed by atoms with van der Waals surface area (Å²) >= 11 is 0. The highest BCUT2D eigenvalue weighted by Gasteiger charge is 2.22. The number of halogens is 2. The first-order valence-corrected chi connectivity index (χ1v) is 8.40. The predicted octanol–water partition coefficient (Wildman–Crippen LogP) is 3.89. The van der Waals surface area contributed by atoms with Crippen LogP contribution in [0.25, 0.3) is 10.9 Å². The number of fused-ring (bicyclic) bond motifs is 1. The number of hydrogen-bond acceptors (Lipinski definition) is 3. The van der Waals surface area contributed by atoms with Crippen LogP contribution in [0.2, 0.25) is 0 Å². The normalized spacial score (nSPS) is 11.1. The van der Waals surface area contributed by atoms with Crippen LogP contribution in [0, 0.1) is 17.6 Å². The lowest BCUT2D eigenvalue weighted by atomic mass is 10.1. The zero-order valence-electron chi connectivity index (χ0n) is 14.8. The van der Waals surface area contributed by atoms with Crippen molar-refractivity contribution in [3.63, 3.8) is 0 Å². The van der Waals surface area contributed by atoms with Gasteiger partial charge in [-0.25, -0.2) is 8.78 Å². The van der Waals surface area contributed by atoms with E-state index in [4.69, 9.17) is 0 Å². The summed E-state index contributed by atoms with van der Waals surface area (Å²) in [7, 11) is 0. The number of amides is 1. The predicted molar refractivity (Wildman–Crippen MR) is 99.0 cm³/mol. The highest BCUT2D eigenvalue weighted by Crippen LogP contribution is 2.27. The lowest BCUT2D eigenvalue weighted by Crippen LogP contribution is -2.31. The highest BCUT2D eigenvalue weighted by atomic mass is 19.2. The van der Waals surface area contributed by atoms with Crippen molar-refractivity contribution in [2.24, 2.45) is 5.92 Å². The molecule has 0 fully saturated rings. The Morgan fingerprint density at radius 1 is 1.15 bits per heavy atom. The number of anilines is 1. The third-order valence-corrected chi connectivity index (χ3v) is 4.10. The molecule has 0 radical (unpaired) electrons. The number of para-hydroxylation sites is 1. The third kappa shape index (κ3) is 3.53. The third-order valence-electron chi connectivity index (χ3n) is 4.10. The van der Waals surface area contributed by atoms with E-state index in [0.29, 0.717) is 17.4 Å². The van der Waals surface area contributed by atoms with Crippen LogP contribution in [0.1, 0.15) is 24.2 Å². The molecule has 0 saturated heterocycles. The van der Waals surface area contributed by atoms with Crippen molar-refractivity contribution in [2.45, 2.75) is 20.4 Å². The van der Waals surface area contributed by atoms with E-state index >= 15 is 0 Å². The molecule has 2 N–H and O–H groups in total. The Kier molecular flexibility index (Phi) is 4.94. The van der Waals surface area contributed by atoms with Gasteiger partial charge in [0, 0.05) is 23.7 Å². The molecule has 5 nitrogen and oxygen atoms in total. The zero-order valence-corrected chi connectivity index (χ0v) is 14.8. The Labute approximate surface area is 153 Å². The maximum Gasteiger partial charge on any atom is 0.267 e. The van der Waals surface area contributed by atoms with E-state index in [1.54, 1.807) is 24.3 Å². The molecule has 0 unspecified atom stereocenters. The maximum atomic E-state index is 13.4. The maximum absolute atomic E-state index is 13.4. The topological polar surface area (TPSA) is 71.3 Å². The number of aromatic hydroxyl groups is 1. The van der Waals surface area contributed by atoms with E-state index in [-0.39, 0.29) is 11.6 Å². The van der Waals surface area contributed by atoms with Gasteiger partial charge in [-0.3, -0.25) is 9.59 Å². The molecule has 0 saturated carbocycles. The van der Waals surface area contributed by atoms with E-state index in [1.165, 1.54) is 10.6 Å². The lowest BCUT2D eigenvalue weighted by molar-refractivity contribution is 0.102. The fourth-order valence-electron chi connectivity index (χ4n) is 2.91. The first-order chi connectivity index (χ1) is 12.8. The minimum atomic E-state index is -1.13. The minimum absolute atomic E-state index is 0.0266. The molecule has 0 bridgehead atoms. The summed E-state index contributed by atoms with van der Waals surface area (Å²) in [5, 5.41) is 13.2. The summed E-state index contributed by atoms with van der Waals surface area (Å²) in [6, 6.07) is 9.55. The van der Waals surface area contributed by atoms with Gasteiger partial charge in [0.15, 0.2) is 11.6 Å². The summed E-state index contributed by atoms with van der Waals surface area (Å²) in [6.07, 6.45) is 0. The van der Waals surface area contributed by atoms with Crippen molar-refractivity contribution in [3.8, 4) is 5.75 Å². The lowest BCUT2D eigenvalue weighted by Gasteiger charge is -2.16. The van der Waals surface area contributed by atoms with Gasteiger partial charge >= 0.3 is 0 Å². The number of benzene rings is 2. The minimum Gasteiger partial charge on any atom is -0.506 e. The van der Waals surface area contributed by atoms with Crippen molar-refractivity contribution in [1.29, 1.82) is 0 Å². The summed E-state index contributed by atoms with van der Waals surface area (Å²) in [5.41, 5.74) is -0.613. The molecular formula is C20H18F2N2O3. The summed E-state index contributed by atoms with van der Waals surface area (Å²) in [4.78, 5) is 25.5. The number of carbonyl (C=O) groups is 1. The molecule has 3 rings (SSSR count). The SMILES string of the molecule is CC(C)Cn1c(=O)c(C(=O)Nc2ccc(F)c(F)c2)c(O)c2ccccc21. The quantitative estimate of drug-likeness (QED) is 0.730. The molecule has 3 aromatic rings. The number of aromatic nitrogens is 1. The Hall–Kier alpha value is -3.22. The van der Waals surface area contributed by atoms with Gasteiger partial charge in [-0.05, 0) is 30.2 Å². The van der Waals surface area contributed by atoms with E-state index in [2.05, 4.69) is 5.32 Å². The Morgan fingerprint density at radius 3 is 2.52 bits per heavy atom. The molecule has 0 aliphatic heterocycles. The highest BCUT2D eigenvalue weighted by molar-refractivity contribution is 6.09. The summed E-state index contributed by atoms with van der Waals surface area (Å²) in [5.74, 6) is -3.41. The van der Waals surface area contributed by atoms with E-state index in [9.17, 15) is 23.5 Å². The van der Waals surface area contributed by atoms with Crippen molar-refractivity contribution in [1.82, 2.24) is 4.57 Å². The Bertz CT molecular complexity index is 1090. The molecule has 27 heavy (non-hydrogen) atoms. The van der Waals surface area contributed by atoms with E-state index < -0.39 is 34.4 Å². The number of nitrogens with one attached hydrogen (secondary N) is 1. The second-order valence-corrected chi connectivity index (χ2v) is 6.63. The van der Waals surface area contributed by atoms with Crippen LogP contribution in [-0.2, 0) is 6.54 Å². The van der Waals surface area contributed by atoms with Crippen molar-refractivity contribution >= 4 is 22.5 Å². The van der Waals surface area contributed by atoms with E-state index in [0.717, 1.165) is 12.1 Å². The molecule has 1 amide bonds. The fourth-order valence-corrected chi connectivity index (χ4v) is 2.91. The molecule has 0 spiro atoms. The van der Waals surface area contributed by atoms with Gasteiger partial charge in [0.2, 0.25) is 0 Å². The number of pyridine rings is 1.